The summed E-state index contributed by atoms with van der Waals surface area (Å²) in [6.45, 7) is 7.80. The molecule has 0 fully saturated rings. The molecule has 1 N–H and O–H groups in total. The van der Waals surface area contributed by atoms with Gasteiger partial charge in [0.25, 0.3) is 0 Å². The Kier molecular flexibility index (Phi) is 4.86. The summed E-state index contributed by atoms with van der Waals surface area (Å²) in [7, 11) is 0. The molecule has 3 rings (SSSR count). The maximum Gasteiger partial charge on any atom is 0.322 e. The Morgan fingerprint density at radius 3 is 2.75 bits per heavy atom. The van der Waals surface area contributed by atoms with Crippen molar-refractivity contribution in [1.29, 1.82) is 0 Å². The van der Waals surface area contributed by atoms with Gasteiger partial charge in [0.05, 0.1) is 16.8 Å². The molecule has 128 valence electrons. The number of amides is 2. The number of anilines is 1. The maximum atomic E-state index is 12.9. The van der Waals surface area contributed by atoms with E-state index in [2.05, 4.69) is 35.9 Å². The lowest BCUT2D eigenvalue weighted by molar-refractivity contribution is 0.162. The first-order chi connectivity index (χ1) is 11.5. The largest absolute Gasteiger partial charge is 0.345 e. The number of aryl methyl sites for hydroxylation is 2. The number of carbonyl (C=O) groups is 1. The van der Waals surface area contributed by atoms with Crippen molar-refractivity contribution in [2.24, 2.45) is 0 Å². The van der Waals surface area contributed by atoms with Crippen molar-refractivity contribution in [3.8, 4) is 0 Å². The molecule has 0 unspecified atom stereocenters. The molecule has 1 aliphatic heterocycles. The number of hydrogen-bond acceptors (Lipinski definition) is 1. The van der Waals surface area contributed by atoms with E-state index in [1.807, 2.05) is 30.0 Å². The Balaban J connectivity index is 1.83. The third-order valence-electron chi connectivity index (χ3n) is 4.70. The van der Waals surface area contributed by atoms with Crippen LogP contribution in [0.25, 0.3) is 0 Å². The molecule has 2 aromatic rings. The SMILES string of the molecule is CCC[C@H]1c2ccc(C)n2CCN1C(=O)Nc1ccc(C)cc1Cl. The average Bonchev–Trinajstić information content (AvgIpc) is 2.92. The molecule has 0 saturated carbocycles. The summed E-state index contributed by atoms with van der Waals surface area (Å²) in [6.07, 6.45) is 1.99. The average molecular weight is 346 g/mol. The van der Waals surface area contributed by atoms with Gasteiger partial charge in [-0.05, 0) is 50.1 Å². The molecule has 0 bridgehead atoms. The Morgan fingerprint density at radius 1 is 1.25 bits per heavy atom. The van der Waals surface area contributed by atoms with Crippen LogP contribution in [0, 0.1) is 13.8 Å². The van der Waals surface area contributed by atoms with E-state index in [9.17, 15) is 4.79 Å². The van der Waals surface area contributed by atoms with Crippen LogP contribution in [-0.2, 0) is 6.54 Å². The summed E-state index contributed by atoms with van der Waals surface area (Å²) >= 11 is 6.26. The first-order valence-electron chi connectivity index (χ1n) is 8.51. The highest BCUT2D eigenvalue weighted by atomic mass is 35.5. The molecular weight excluding hydrogens is 322 g/mol. The van der Waals surface area contributed by atoms with Gasteiger partial charge in [-0.1, -0.05) is 31.0 Å². The van der Waals surface area contributed by atoms with Crippen molar-refractivity contribution in [3.63, 3.8) is 0 Å². The molecule has 0 spiro atoms. The Labute approximate surface area is 148 Å². The smallest absolute Gasteiger partial charge is 0.322 e. The fraction of sp³-hybridized carbons (Fsp3) is 0.421. The number of nitrogens with zero attached hydrogens (tertiary/aromatic N) is 2. The summed E-state index contributed by atoms with van der Waals surface area (Å²) in [6, 6.07) is 10.00. The topological polar surface area (TPSA) is 37.3 Å². The van der Waals surface area contributed by atoms with Gasteiger partial charge >= 0.3 is 6.03 Å². The zero-order valence-corrected chi connectivity index (χ0v) is 15.2. The molecule has 24 heavy (non-hydrogen) atoms. The van der Waals surface area contributed by atoms with Crippen molar-refractivity contribution in [2.45, 2.75) is 46.2 Å². The van der Waals surface area contributed by atoms with Crippen molar-refractivity contribution in [1.82, 2.24) is 9.47 Å². The lowest BCUT2D eigenvalue weighted by Gasteiger charge is -2.37. The predicted octanol–water partition coefficient (Wildman–Crippen LogP) is 5.15. The van der Waals surface area contributed by atoms with Crippen LogP contribution in [0.5, 0.6) is 0 Å². The number of nitrogens with one attached hydrogen (secondary N) is 1. The molecule has 2 heterocycles. The highest BCUT2D eigenvalue weighted by molar-refractivity contribution is 6.33. The Hall–Kier alpha value is -1.94. The van der Waals surface area contributed by atoms with Crippen LogP contribution in [-0.4, -0.2) is 22.0 Å². The summed E-state index contributed by atoms with van der Waals surface area (Å²) in [5, 5.41) is 3.55. The van der Waals surface area contributed by atoms with E-state index in [0.717, 1.165) is 24.9 Å². The Morgan fingerprint density at radius 2 is 2.04 bits per heavy atom. The number of fused-ring (bicyclic) bond motifs is 1. The molecule has 1 aliphatic rings. The quantitative estimate of drug-likeness (QED) is 0.820. The molecule has 0 radical (unpaired) electrons. The molecule has 1 aromatic carbocycles. The van der Waals surface area contributed by atoms with Crippen LogP contribution in [0.3, 0.4) is 0 Å². The third kappa shape index (κ3) is 3.16. The van der Waals surface area contributed by atoms with Gasteiger partial charge in [0.15, 0.2) is 0 Å². The number of rotatable bonds is 3. The van der Waals surface area contributed by atoms with Gasteiger partial charge in [-0.2, -0.15) is 0 Å². The van der Waals surface area contributed by atoms with Crippen molar-refractivity contribution in [3.05, 3.63) is 52.3 Å². The highest BCUT2D eigenvalue weighted by Gasteiger charge is 2.31. The van der Waals surface area contributed by atoms with E-state index >= 15 is 0 Å². The minimum atomic E-state index is -0.0793. The minimum absolute atomic E-state index is 0.0793. The van der Waals surface area contributed by atoms with E-state index in [1.54, 1.807) is 0 Å². The number of carbonyl (C=O) groups excluding carboxylic acids is 1. The molecular formula is C19H24ClN3O. The second kappa shape index (κ2) is 6.89. The zero-order chi connectivity index (χ0) is 17.3. The fourth-order valence-electron chi connectivity index (χ4n) is 3.44. The predicted molar refractivity (Wildman–Crippen MR) is 98.7 cm³/mol. The summed E-state index contributed by atoms with van der Waals surface area (Å²) in [5.41, 5.74) is 4.23. The molecule has 0 aliphatic carbocycles. The second-order valence-corrected chi connectivity index (χ2v) is 6.87. The third-order valence-corrected chi connectivity index (χ3v) is 5.02. The van der Waals surface area contributed by atoms with Gasteiger partial charge in [0.2, 0.25) is 0 Å². The first kappa shape index (κ1) is 16.9. The van der Waals surface area contributed by atoms with Crippen LogP contribution >= 0.6 is 11.6 Å². The van der Waals surface area contributed by atoms with Crippen LogP contribution in [0.1, 0.15) is 42.8 Å². The van der Waals surface area contributed by atoms with E-state index in [4.69, 9.17) is 11.6 Å². The summed E-state index contributed by atoms with van der Waals surface area (Å²) < 4.78 is 2.32. The lowest BCUT2D eigenvalue weighted by Crippen LogP contribution is -2.44. The van der Waals surface area contributed by atoms with E-state index in [-0.39, 0.29) is 12.1 Å². The van der Waals surface area contributed by atoms with Gasteiger partial charge < -0.3 is 14.8 Å². The van der Waals surface area contributed by atoms with E-state index in [1.165, 1.54) is 11.4 Å². The van der Waals surface area contributed by atoms with Crippen LogP contribution < -0.4 is 5.32 Å². The maximum absolute atomic E-state index is 12.9. The normalized spacial score (nSPS) is 16.8. The lowest BCUT2D eigenvalue weighted by atomic mass is 10.0. The van der Waals surface area contributed by atoms with Gasteiger partial charge in [-0.15, -0.1) is 0 Å². The molecule has 2 amide bonds. The molecule has 0 saturated heterocycles. The monoisotopic (exact) mass is 345 g/mol. The minimum Gasteiger partial charge on any atom is -0.345 e. The molecule has 4 nitrogen and oxygen atoms in total. The van der Waals surface area contributed by atoms with Gasteiger partial charge in [-0.25, -0.2) is 4.79 Å². The fourth-order valence-corrected chi connectivity index (χ4v) is 3.72. The molecule has 1 atom stereocenters. The highest BCUT2D eigenvalue weighted by Crippen LogP contribution is 2.32. The van der Waals surface area contributed by atoms with Crippen molar-refractivity contribution < 1.29 is 4.79 Å². The van der Waals surface area contributed by atoms with E-state index in [0.29, 0.717) is 17.3 Å². The number of urea groups is 1. The van der Waals surface area contributed by atoms with E-state index < -0.39 is 0 Å². The van der Waals surface area contributed by atoms with Gasteiger partial charge in [0.1, 0.15) is 0 Å². The van der Waals surface area contributed by atoms with Crippen LogP contribution in [0.4, 0.5) is 10.5 Å². The summed E-state index contributed by atoms with van der Waals surface area (Å²) in [5.74, 6) is 0. The van der Waals surface area contributed by atoms with Crippen LogP contribution in [0.15, 0.2) is 30.3 Å². The zero-order valence-electron chi connectivity index (χ0n) is 14.5. The van der Waals surface area contributed by atoms with Gasteiger partial charge in [0, 0.05) is 24.5 Å². The van der Waals surface area contributed by atoms with Gasteiger partial charge in [-0.3, -0.25) is 0 Å². The number of aromatic nitrogens is 1. The number of benzene rings is 1. The molecule has 5 heteroatoms. The van der Waals surface area contributed by atoms with Crippen molar-refractivity contribution in [2.75, 3.05) is 11.9 Å². The van der Waals surface area contributed by atoms with Crippen LogP contribution in [0.2, 0.25) is 5.02 Å². The second-order valence-electron chi connectivity index (χ2n) is 6.46. The Bertz CT molecular complexity index is 753. The number of halogens is 1. The molecule has 1 aromatic heterocycles. The summed E-state index contributed by atoms with van der Waals surface area (Å²) in [4.78, 5) is 14.8. The standard InChI is InChI=1S/C19H24ClN3O/c1-4-5-17-18-9-7-14(3)22(18)10-11-23(17)19(24)21-16-8-6-13(2)12-15(16)20/h6-9,12,17H,4-5,10-11H2,1-3H3,(H,21,24)/t17-/m0/s1. The first-order valence-corrected chi connectivity index (χ1v) is 8.89. The number of hydrogen-bond donors (Lipinski definition) is 1. The van der Waals surface area contributed by atoms with Crippen molar-refractivity contribution >= 4 is 23.3 Å².